The van der Waals surface area contributed by atoms with E-state index < -0.39 is 5.97 Å². The molecule has 0 aromatic heterocycles. The van der Waals surface area contributed by atoms with Crippen molar-refractivity contribution in [2.24, 2.45) is 0 Å². The predicted molar refractivity (Wildman–Crippen MR) is 69.5 cm³/mol. The van der Waals surface area contributed by atoms with Crippen molar-refractivity contribution in [1.29, 1.82) is 0 Å². The maximum Gasteiger partial charge on any atom is 0.321 e. The van der Waals surface area contributed by atoms with Crippen molar-refractivity contribution in [2.75, 3.05) is 25.5 Å². The number of benzene rings is 1. The number of nitrogens with one attached hydrogen (secondary N) is 1. The number of fused-ring (bicyclic) bond motifs is 1. The van der Waals surface area contributed by atoms with Gasteiger partial charge >= 0.3 is 12.0 Å². The van der Waals surface area contributed by atoms with Crippen LogP contribution in [0.2, 0.25) is 0 Å². The first-order chi connectivity index (χ1) is 9.06. The minimum absolute atomic E-state index is 0.0675. The smallest absolute Gasteiger partial charge is 0.321 e. The molecule has 2 amide bonds. The molecule has 2 rings (SSSR count). The van der Waals surface area contributed by atoms with Gasteiger partial charge in [-0.05, 0) is 23.8 Å². The lowest BCUT2D eigenvalue weighted by molar-refractivity contribution is -0.137. The number of carboxylic acids is 1. The normalized spacial score (nSPS) is 12.5. The SMILES string of the molecule is CN(CCC(=O)O)C(=O)Nc1ccc2c(c1)CCO2. The standard InChI is InChI=1S/C13H16N2O4/c1-15(6-4-12(16)17)13(18)14-10-2-3-11-9(8-10)5-7-19-11/h2-3,8H,4-7H2,1H3,(H,14,18)(H,16,17). The first-order valence-corrected chi connectivity index (χ1v) is 6.06. The summed E-state index contributed by atoms with van der Waals surface area (Å²) in [5, 5.41) is 11.3. The first-order valence-electron chi connectivity index (χ1n) is 6.06. The van der Waals surface area contributed by atoms with E-state index in [2.05, 4.69) is 5.32 Å². The maximum atomic E-state index is 11.8. The van der Waals surface area contributed by atoms with Crippen LogP contribution in [0.3, 0.4) is 0 Å². The fraction of sp³-hybridized carbons (Fsp3) is 0.385. The average molecular weight is 264 g/mol. The molecule has 2 N–H and O–H groups in total. The van der Waals surface area contributed by atoms with Gasteiger partial charge in [-0.1, -0.05) is 0 Å². The molecular weight excluding hydrogens is 248 g/mol. The molecule has 0 bridgehead atoms. The molecule has 0 unspecified atom stereocenters. The number of anilines is 1. The lowest BCUT2D eigenvalue weighted by Crippen LogP contribution is -2.33. The minimum atomic E-state index is -0.922. The quantitative estimate of drug-likeness (QED) is 0.865. The number of carbonyl (C=O) groups is 2. The van der Waals surface area contributed by atoms with Gasteiger partial charge < -0.3 is 20.1 Å². The Kier molecular flexibility index (Phi) is 3.89. The predicted octanol–water partition coefficient (Wildman–Crippen LogP) is 1.56. The van der Waals surface area contributed by atoms with Gasteiger partial charge in [0.15, 0.2) is 0 Å². The summed E-state index contributed by atoms with van der Waals surface area (Å²) >= 11 is 0. The number of carboxylic acid groups (broad SMARTS) is 1. The highest BCUT2D eigenvalue weighted by molar-refractivity contribution is 5.89. The summed E-state index contributed by atoms with van der Waals surface area (Å²) in [4.78, 5) is 23.6. The van der Waals surface area contributed by atoms with Gasteiger partial charge in [0.2, 0.25) is 0 Å². The summed E-state index contributed by atoms with van der Waals surface area (Å²) in [7, 11) is 1.56. The minimum Gasteiger partial charge on any atom is -0.493 e. The van der Waals surface area contributed by atoms with E-state index in [9.17, 15) is 9.59 Å². The van der Waals surface area contributed by atoms with Gasteiger partial charge in [-0.3, -0.25) is 4.79 Å². The van der Waals surface area contributed by atoms with E-state index >= 15 is 0 Å². The van der Waals surface area contributed by atoms with Crippen LogP contribution >= 0.6 is 0 Å². The number of rotatable bonds is 4. The Morgan fingerprint density at radius 3 is 3.00 bits per heavy atom. The number of hydrogen-bond acceptors (Lipinski definition) is 3. The van der Waals surface area contributed by atoms with Crippen LogP contribution in [-0.4, -0.2) is 42.2 Å². The van der Waals surface area contributed by atoms with Crippen molar-refractivity contribution < 1.29 is 19.4 Å². The number of amides is 2. The third-order valence-corrected chi connectivity index (χ3v) is 2.95. The second kappa shape index (κ2) is 5.60. The van der Waals surface area contributed by atoms with Gasteiger partial charge in [-0.25, -0.2) is 4.79 Å². The van der Waals surface area contributed by atoms with Crippen LogP contribution in [0.25, 0.3) is 0 Å². The Morgan fingerprint density at radius 1 is 1.47 bits per heavy atom. The first kappa shape index (κ1) is 13.2. The summed E-state index contributed by atoms with van der Waals surface area (Å²) in [6.45, 7) is 0.848. The molecule has 1 aromatic rings. The second-order valence-corrected chi connectivity index (χ2v) is 4.42. The summed E-state index contributed by atoms with van der Waals surface area (Å²) in [5.74, 6) is -0.0634. The van der Waals surface area contributed by atoms with Crippen LogP contribution in [0, 0.1) is 0 Å². The lowest BCUT2D eigenvalue weighted by atomic mass is 10.1. The molecule has 19 heavy (non-hydrogen) atoms. The molecule has 0 fully saturated rings. The zero-order chi connectivity index (χ0) is 13.8. The van der Waals surface area contributed by atoms with Crippen LogP contribution in [0.5, 0.6) is 5.75 Å². The molecule has 0 radical (unpaired) electrons. The topological polar surface area (TPSA) is 78.9 Å². The molecule has 6 nitrogen and oxygen atoms in total. The van der Waals surface area contributed by atoms with Crippen LogP contribution in [0.15, 0.2) is 18.2 Å². The highest BCUT2D eigenvalue weighted by Gasteiger charge is 2.14. The monoisotopic (exact) mass is 264 g/mol. The summed E-state index contributed by atoms with van der Waals surface area (Å²) in [6, 6.07) is 5.16. The zero-order valence-corrected chi connectivity index (χ0v) is 10.7. The van der Waals surface area contributed by atoms with Gasteiger partial charge in [-0.15, -0.1) is 0 Å². The molecule has 1 aliphatic rings. The molecule has 1 aromatic carbocycles. The van der Waals surface area contributed by atoms with E-state index in [4.69, 9.17) is 9.84 Å². The molecule has 0 spiro atoms. The van der Waals surface area contributed by atoms with Crippen molar-refractivity contribution in [1.82, 2.24) is 4.90 Å². The fourth-order valence-electron chi connectivity index (χ4n) is 1.85. The Hall–Kier alpha value is -2.24. The van der Waals surface area contributed by atoms with Crippen molar-refractivity contribution in [3.05, 3.63) is 23.8 Å². The highest BCUT2D eigenvalue weighted by Crippen LogP contribution is 2.27. The lowest BCUT2D eigenvalue weighted by Gasteiger charge is -2.17. The molecule has 0 atom stereocenters. The molecule has 1 heterocycles. The Morgan fingerprint density at radius 2 is 2.26 bits per heavy atom. The highest BCUT2D eigenvalue weighted by atomic mass is 16.5. The van der Waals surface area contributed by atoms with Crippen molar-refractivity contribution in [3.8, 4) is 5.75 Å². The summed E-state index contributed by atoms with van der Waals surface area (Å²) in [6.07, 6.45) is 0.774. The van der Waals surface area contributed by atoms with E-state index in [0.717, 1.165) is 17.7 Å². The molecule has 1 aliphatic heterocycles. The van der Waals surface area contributed by atoms with Crippen LogP contribution in [0.4, 0.5) is 10.5 Å². The number of urea groups is 1. The van der Waals surface area contributed by atoms with Crippen molar-refractivity contribution >= 4 is 17.7 Å². The van der Waals surface area contributed by atoms with Gasteiger partial charge in [-0.2, -0.15) is 0 Å². The molecular formula is C13H16N2O4. The second-order valence-electron chi connectivity index (χ2n) is 4.42. The van der Waals surface area contributed by atoms with Crippen LogP contribution in [0.1, 0.15) is 12.0 Å². The third kappa shape index (κ3) is 3.37. The van der Waals surface area contributed by atoms with E-state index in [-0.39, 0.29) is 19.0 Å². The largest absolute Gasteiger partial charge is 0.493 e. The Balaban J connectivity index is 1.93. The van der Waals surface area contributed by atoms with E-state index in [1.807, 2.05) is 12.1 Å². The fourth-order valence-corrected chi connectivity index (χ4v) is 1.85. The molecule has 0 aliphatic carbocycles. The number of carbonyl (C=O) groups excluding carboxylic acids is 1. The van der Waals surface area contributed by atoms with Gasteiger partial charge in [0.1, 0.15) is 5.75 Å². The molecule has 0 saturated heterocycles. The van der Waals surface area contributed by atoms with Crippen LogP contribution < -0.4 is 10.1 Å². The summed E-state index contributed by atoms with van der Waals surface area (Å²) in [5.41, 5.74) is 1.77. The number of ether oxygens (including phenoxy) is 1. The van der Waals surface area contributed by atoms with E-state index in [1.54, 1.807) is 13.1 Å². The third-order valence-electron chi connectivity index (χ3n) is 2.95. The molecule has 102 valence electrons. The number of hydrogen-bond donors (Lipinski definition) is 2. The molecule has 0 saturated carbocycles. The van der Waals surface area contributed by atoms with Gasteiger partial charge in [0.25, 0.3) is 0 Å². The van der Waals surface area contributed by atoms with Crippen LogP contribution in [-0.2, 0) is 11.2 Å². The van der Waals surface area contributed by atoms with Crippen molar-refractivity contribution in [3.63, 3.8) is 0 Å². The Labute approximate surface area is 111 Å². The average Bonchev–Trinajstić information content (AvgIpc) is 2.83. The molecule has 6 heteroatoms. The van der Waals surface area contributed by atoms with E-state index in [0.29, 0.717) is 12.3 Å². The zero-order valence-electron chi connectivity index (χ0n) is 10.7. The van der Waals surface area contributed by atoms with Crippen molar-refractivity contribution in [2.45, 2.75) is 12.8 Å². The summed E-state index contributed by atoms with van der Waals surface area (Å²) < 4.78 is 5.38. The van der Waals surface area contributed by atoms with Gasteiger partial charge in [0.05, 0.1) is 13.0 Å². The van der Waals surface area contributed by atoms with Gasteiger partial charge in [0, 0.05) is 25.7 Å². The number of aliphatic carboxylic acids is 1. The van der Waals surface area contributed by atoms with E-state index in [1.165, 1.54) is 4.90 Å². The maximum absolute atomic E-state index is 11.8. The Bertz CT molecular complexity index is 501. The number of nitrogens with zero attached hydrogens (tertiary/aromatic N) is 1.